The van der Waals surface area contributed by atoms with Gasteiger partial charge in [0.2, 0.25) is 5.13 Å². The van der Waals surface area contributed by atoms with Gasteiger partial charge < -0.3 is 0 Å². The molecule has 0 aromatic carbocycles. The number of carbonyl (C=O) groups is 2. The minimum Gasteiger partial charge on any atom is -0.269 e. The van der Waals surface area contributed by atoms with Crippen molar-refractivity contribution in [2.75, 3.05) is 4.90 Å². The average Bonchev–Trinajstić information content (AvgIpc) is 2.74. The molecule has 0 saturated carbocycles. The summed E-state index contributed by atoms with van der Waals surface area (Å²) in [6.07, 6.45) is 2.07. The van der Waals surface area contributed by atoms with Crippen LogP contribution in [-0.4, -0.2) is 22.0 Å². The molecule has 1 aromatic rings. The summed E-state index contributed by atoms with van der Waals surface area (Å²) in [5.74, 6) is -0.643. The van der Waals surface area contributed by atoms with Gasteiger partial charge in [-0.05, 0) is 13.3 Å². The molecule has 0 N–H and O–H groups in total. The zero-order valence-electron chi connectivity index (χ0n) is 8.35. The van der Waals surface area contributed by atoms with Crippen LogP contribution in [0.25, 0.3) is 0 Å². The van der Waals surface area contributed by atoms with Gasteiger partial charge in [-0.15, -0.1) is 10.2 Å². The molecule has 0 saturated heterocycles. The van der Waals surface area contributed by atoms with Crippen molar-refractivity contribution in [3.63, 3.8) is 0 Å². The highest BCUT2D eigenvalue weighted by molar-refractivity contribution is 7.15. The maximum Gasteiger partial charge on any atom is 0.263 e. The van der Waals surface area contributed by atoms with Gasteiger partial charge in [-0.2, -0.15) is 0 Å². The Kier molecular flexibility index (Phi) is 2.36. The highest BCUT2D eigenvalue weighted by atomic mass is 32.1. The van der Waals surface area contributed by atoms with E-state index in [1.165, 1.54) is 17.4 Å². The molecule has 2 heterocycles. The fourth-order valence-corrected chi connectivity index (χ4v) is 2.03. The topological polar surface area (TPSA) is 63.2 Å². The molecular weight excluding hydrogens is 214 g/mol. The maximum atomic E-state index is 11.6. The molecule has 0 atom stereocenters. The lowest BCUT2D eigenvalue weighted by Crippen LogP contribution is -2.30. The molecule has 0 fully saturated rings. The van der Waals surface area contributed by atoms with Crippen LogP contribution in [0.15, 0.2) is 11.6 Å². The van der Waals surface area contributed by atoms with Gasteiger partial charge in [0.05, 0.1) is 0 Å². The van der Waals surface area contributed by atoms with Gasteiger partial charge in [-0.3, -0.25) is 9.59 Å². The van der Waals surface area contributed by atoms with E-state index >= 15 is 0 Å². The number of hydrogen-bond donors (Lipinski definition) is 0. The molecule has 0 bridgehead atoms. The third-order valence-corrected chi connectivity index (χ3v) is 3.10. The molecule has 0 spiro atoms. The smallest absolute Gasteiger partial charge is 0.263 e. The van der Waals surface area contributed by atoms with E-state index in [1.807, 2.05) is 6.92 Å². The van der Waals surface area contributed by atoms with E-state index in [1.54, 1.807) is 6.92 Å². The van der Waals surface area contributed by atoms with Crippen LogP contribution in [0.1, 0.15) is 18.9 Å². The lowest BCUT2D eigenvalue weighted by atomic mass is 10.3. The summed E-state index contributed by atoms with van der Waals surface area (Å²) in [6, 6.07) is 0. The van der Waals surface area contributed by atoms with Gasteiger partial charge in [0.15, 0.2) is 0 Å². The number of anilines is 1. The minimum atomic E-state index is -0.337. The molecule has 6 heteroatoms. The van der Waals surface area contributed by atoms with Crippen LogP contribution < -0.4 is 4.90 Å². The third kappa shape index (κ3) is 1.56. The predicted octanol–water partition coefficient (Wildman–Crippen LogP) is 0.920. The van der Waals surface area contributed by atoms with E-state index in [9.17, 15) is 9.59 Å². The lowest BCUT2D eigenvalue weighted by Gasteiger charge is -2.08. The van der Waals surface area contributed by atoms with Crippen molar-refractivity contribution in [1.29, 1.82) is 0 Å². The van der Waals surface area contributed by atoms with Gasteiger partial charge in [0, 0.05) is 11.6 Å². The quantitative estimate of drug-likeness (QED) is 0.699. The number of aromatic nitrogens is 2. The van der Waals surface area contributed by atoms with E-state index in [0.29, 0.717) is 10.7 Å². The second-order valence-electron chi connectivity index (χ2n) is 3.14. The molecule has 1 aliphatic rings. The van der Waals surface area contributed by atoms with Crippen LogP contribution in [0, 0.1) is 0 Å². The van der Waals surface area contributed by atoms with Gasteiger partial charge in [0.1, 0.15) is 5.01 Å². The van der Waals surface area contributed by atoms with Crippen LogP contribution in [-0.2, 0) is 16.0 Å². The molecule has 0 radical (unpaired) electrons. The van der Waals surface area contributed by atoms with Crippen molar-refractivity contribution in [2.24, 2.45) is 0 Å². The first kappa shape index (κ1) is 9.97. The molecular formula is C9H9N3O2S. The fraction of sp³-hybridized carbons (Fsp3) is 0.333. The van der Waals surface area contributed by atoms with Crippen LogP contribution >= 0.6 is 11.3 Å². The summed E-state index contributed by atoms with van der Waals surface area (Å²) in [7, 11) is 0. The second-order valence-corrected chi connectivity index (χ2v) is 4.18. The number of imide groups is 1. The second kappa shape index (κ2) is 3.54. The predicted molar refractivity (Wildman–Crippen MR) is 55.5 cm³/mol. The summed E-state index contributed by atoms with van der Waals surface area (Å²) < 4.78 is 0. The summed E-state index contributed by atoms with van der Waals surface area (Å²) in [4.78, 5) is 24.1. The Morgan fingerprint density at radius 2 is 2.13 bits per heavy atom. The minimum absolute atomic E-state index is 0.307. The number of rotatable bonds is 2. The Labute approximate surface area is 90.4 Å². The standard InChI is InChI=1S/C9H9N3O2S/c1-3-6-10-11-9(15-6)12-7(13)4-5(2)8(12)14/h4H,3H2,1-2H3. The molecule has 15 heavy (non-hydrogen) atoms. The number of aryl methyl sites for hydroxylation is 1. The average molecular weight is 223 g/mol. The molecule has 2 rings (SSSR count). The first-order valence-electron chi connectivity index (χ1n) is 4.52. The van der Waals surface area contributed by atoms with Gasteiger partial charge in [-0.25, -0.2) is 4.90 Å². The monoisotopic (exact) mass is 223 g/mol. The number of amides is 2. The van der Waals surface area contributed by atoms with Crippen molar-refractivity contribution in [1.82, 2.24) is 10.2 Å². The molecule has 0 unspecified atom stereocenters. The summed E-state index contributed by atoms with van der Waals surface area (Å²) in [6.45, 7) is 3.56. The fourth-order valence-electron chi connectivity index (χ4n) is 1.25. The van der Waals surface area contributed by atoms with E-state index in [-0.39, 0.29) is 11.8 Å². The van der Waals surface area contributed by atoms with Crippen LogP contribution in [0.5, 0.6) is 0 Å². The Hall–Kier alpha value is -1.56. The number of hydrogen-bond acceptors (Lipinski definition) is 5. The first-order chi connectivity index (χ1) is 7.13. The third-order valence-electron chi connectivity index (χ3n) is 2.05. The summed E-state index contributed by atoms with van der Waals surface area (Å²) >= 11 is 1.27. The van der Waals surface area contributed by atoms with Crippen molar-refractivity contribution in [3.8, 4) is 0 Å². The lowest BCUT2D eigenvalue weighted by molar-refractivity contribution is -0.120. The summed E-state index contributed by atoms with van der Waals surface area (Å²) in [5, 5.41) is 8.87. The van der Waals surface area contributed by atoms with Gasteiger partial charge in [0.25, 0.3) is 11.8 Å². The Morgan fingerprint density at radius 3 is 2.60 bits per heavy atom. The van der Waals surface area contributed by atoms with Crippen LogP contribution in [0.4, 0.5) is 5.13 Å². The van der Waals surface area contributed by atoms with Crippen molar-refractivity contribution >= 4 is 28.3 Å². The first-order valence-corrected chi connectivity index (χ1v) is 5.34. The largest absolute Gasteiger partial charge is 0.269 e. The number of nitrogens with zero attached hydrogens (tertiary/aromatic N) is 3. The highest BCUT2D eigenvalue weighted by Gasteiger charge is 2.32. The summed E-state index contributed by atoms with van der Waals surface area (Å²) in [5.41, 5.74) is 0.438. The number of carbonyl (C=O) groups excluding carboxylic acids is 2. The highest BCUT2D eigenvalue weighted by Crippen LogP contribution is 2.25. The molecule has 2 amide bonds. The van der Waals surface area contributed by atoms with E-state index in [0.717, 1.165) is 16.3 Å². The Balaban J connectivity index is 2.33. The van der Waals surface area contributed by atoms with Crippen LogP contribution in [0.2, 0.25) is 0 Å². The Morgan fingerprint density at radius 1 is 1.40 bits per heavy atom. The normalized spacial score (nSPS) is 16.1. The maximum absolute atomic E-state index is 11.6. The van der Waals surface area contributed by atoms with Crippen molar-refractivity contribution in [2.45, 2.75) is 20.3 Å². The van der Waals surface area contributed by atoms with Crippen molar-refractivity contribution in [3.05, 3.63) is 16.7 Å². The van der Waals surface area contributed by atoms with E-state index in [2.05, 4.69) is 10.2 Å². The Bertz CT molecular complexity index is 464. The molecule has 1 aromatic heterocycles. The van der Waals surface area contributed by atoms with Gasteiger partial charge in [-0.1, -0.05) is 18.3 Å². The molecule has 78 valence electrons. The van der Waals surface area contributed by atoms with Gasteiger partial charge >= 0.3 is 0 Å². The molecule has 0 aliphatic carbocycles. The van der Waals surface area contributed by atoms with E-state index < -0.39 is 0 Å². The van der Waals surface area contributed by atoms with Crippen LogP contribution in [0.3, 0.4) is 0 Å². The zero-order chi connectivity index (χ0) is 11.0. The molecule has 1 aliphatic heterocycles. The van der Waals surface area contributed by atoms with E-state index in [4.69, 9.17) is 0 Å². The SMILES string of the molecule is CCc1nnc(N2C(=O)C=C(C)C2=O)s1. The molecule has 5 nitrogen and oxygen atoms in total. The van der Waals surface area contributed by atoms with Crippen molar-refractivity contribution < 1.29 is 9.59 Å². The zero-order valence-corrected chi connectivity index (χ0v) is 9.17.